The van der Waals surface area contributed by atoms with Crippen molar-refractivity contribution in [3.63, 3.8) is 0 Å². The summed E-state index contributed by atoms with van der Waals surface area (Å²) in [5, 5.41) is 0. The number of nitrogens with two attached hydrogens (primary N) is 1. The highest BCUT2D eigenvalue weighted by atomic mass is 35.5. The van der Waals surface area contributed by atoms with E-state index in [1.54, 1.807) is 9.80 Å². The van der Waals surface area contributed by atoms with Gasteiger partial charge in [-0.15, -0.1) is 12.4 Å². The van der Waals surface area contributed by atoms with Crippen molar-refractivity contribution in [2.45, 2.75) is 26.8 Å². The van der Waals surface area contributed by atoms with Gasteiger partial charge in [0.05, 0.1) is 6.04 Å². The van der Waals surface area contributed by atoms with Gasteiger partial charge in [0.25, 0.3) is 5.91 Å². The third kappa shape index (κ3) is 4.69. The molecule has 23 heavy (non-hydrogen) atoms. The van der Waals surface area contributed by atoms with Gasteiger partial charge in [0.15, 0.2) is 0 Å². The number of hydrogen-bond acceptors (Lipinski definition) is 3. The summed E-state index contributed by atoms with van der Waals surface area (Å²) < 4.78 is 0. The molecule has 0 aliphatic carbocycles. The maximum atomic E-state index is 12.4. The van der Waals surface area contributed by atoms with Crippen LogP contribution in [0, 0.1) is 5.41 Å². The third-order valence-electron chi connectivity index (χ3n) is 4.10. The zero-order valence-electron chi connectivity index (χ0n) is 14.0. The fraction of sp³-hybridized carbons (Fsp3) is 0.529. The Morgan fingerprint density at radius 3 is 1.96 bits per heavy atom. The molecule has 0 saturated carbocycles. The number of halogens is 1. The second-order valence-electron chi connectivity index (χ2n) is 6.83. The monoisotopic (exact) mass is 339 g/mol. The van der Waals surface area contributed by atoms with Crippen LogP contribution >= 0.6 is 12.4 Å². The predicted molar refractivity (Wildman–Crippen MR) is 93.6 cm³/mol. The molecule has 1 aromatic rings. The summed E-state index contributed by atoms with van der Waals surface area (Å²) in [5.41, 5.74) is 6.47. The lowest BCUT2D eigenvalue weighted by Crippen LogP contribution is -2.56. The van der Waals surface area contributed by atoms with Gasteiger partial charge in [-0.25, -0.2) is 0 Å². The molecule has 2 N–H and O–H groups in total. The Hall–Kier alpha value is -1.59. The van der Waals surface area contributed by atoms with Gasteiger partial charge in [-0.3, -0.25) is 9.59 Å². The fourth-order valence-electron chi connectivity index (χ4n) is 2.46. The normalized spacial score (nSPS) is 16.5. The Bertz CT molecular complexity index is 535. The second kappa shape index (κ2) is 7.79. The van der Waals surface area contributed by atoms with E-state index in [0.29, 0.717) is 31.7 Å². The van der Waals surface area contributed by atoms with Crippen molar-refractivity contribution in [3.05, 3.63) is 35.9 Å². The van der Waals surface area contributed by atoms with E-state index in [9.17, 15) is 9.59 Å². The lowest BCUT2D eigenvalue weighted by Gasteiger charge is -2.38. The van der Waals surface area contributed by atoms with Crippen LogP contribution in [0.15, 0.2) is 30.3 Å². The van der Waals surface area contributed by atoms with E-state index in [-0.39, 0.29) is 29.6 Å². The molecule has 1 aromatic carbocycles. The molecule has 1 fully saturated rings. The molecule has 0 radical (unpaired) electrons. The maximum Gasteiger partial charge on any atom is 0.253 e. The molecule has 0 bridgehead atoms. The molecule has 5 nitrogen and oxygen atoms in total. The van der Waals surface area contributed by atoms with Crippen LogP contribution in [0.5, 0.6) is 0 Å². The van der Waals surface area contributed by atoms with Gasteiger partial charge in [-0.2, -0.15) is 0 Å². The van der Waals surface area contributed by atoms with Crippen LogP contribution in [0.3, 0.4) is 0 Å². The highest BCUT2D eigenvalue weighted by Crippen LogP contribution is 2.20. The molecular weight excluding hydrogens is 314 g/mol. The average molecular weight is 340 g/mol. The van der Waals surface area contributed by atoms with Crippen molar-refractivity contribution in [1.29, 1.82) is 0 Å². The number of piperazine rings is 1. The standard InChI is InChI=1S/C17H25N3O2.ClH/c1-17(2,3)14(18)16(22)20-11-9-19(10-12-20)15(21)13-7-5-4-6-8-13;/h4-8,14H,9-12,18H2,1-3H3;1H/t14-;/m1./s1. The van der Waals surface area contributed by atoms with Crippen LogP contribution in [0.4, 0.5) is 0 Å². The quantitative estimate of drug-likeness (QED) is 0.893. The second-order valence-corrected chi connectivity index (χ2v) is 6.83. The van der Waals surface area contributed by atoms with Crippen molar-refractivity contribution in [2.24, 2.45) is 11.1 Å². The van der Waals surface area contributed by atoms with Crippen molar-refractivity contribution in [3.8, 4) is 0 Å². The van der Waals surface area contributed by atoms with E-state index >= 15 is 0 Å². The number of nitrogens with zero attached hydrogens (tertiary/aromatic N) is 2. The van der Waals surface area contributed by atoms with Gasteiger partial charge in [-0.05, 0) is 17.5 Å². The fourth-order valence-corrected chi connectivity index (χ4v) is 2.46. The Balaban J connectivity index is 0.00000264. The molecule has 1 aliphatic rings. The first-order valence-corrected chi connectivity index (χ1v) is 7.69. The van der Waals surface area contributed by atoms with Crippen molar-refractivity contribution in [2.75, 3.05) is 26.2 Å². The third-order valence-corrected chi connectivity index (χ3v) is 4.10. The molecule has 1 heterocycles. The van der Waals surface area contributed by atoms with Gasteiger partial charge < -0.3 is 15.5 Å². The van der Waals surface area contributed by atoms with E-state index in [0.717, 1.165) is 0 Å². The highest BCUT2D eigenvalue weighted by Gasteiger charge is 2.33. The van der Waals surface area contributed by atoms with Gasteiger partial charge in [0.1, 0.15) is 0 Å². The highest BCUT2D eigenvalue weighted by molar-refractivity contribution is 5.94. The molecule has 2 amide bonds. The van der Waals surface area contributed by atoms with Crippen LogP contribution in [-0.2, 0) is 4.79 Å². The van der Waals surface area contributed by atoms with Crippen LogP contribution in [0.2, 0.25) is 0 Å². The van der Waals surface area contributed by atoms with Gasteiger partial charge in [-0.1, -0.05) is 39.0 Å². The summed E-state index contributed by atoms with van der Waals surface area (Å²) >= 11 is 0. The minimum atomic E-state index is -0.510. The van der Waals surface area contributed by atoms with Gasteiger partial charge in [0.2, 0.25) is 5.91 Å². The lowest BCUT2D eigenvalue weighted by atomic mass is 9.86. The SMILES string of the molecule is CC(C)(C)[C@H](N)C(=O)N1CCN(C(=O)c2ccccc2)CC1.Cl. The first-order valence-electron chi connectivity index (χ1n) is 7.69. The average Bonchev–Trinajstić information content (AvgIpc) is 2.53. The molecule has 128 valence electrons. The maximum absolute atomic E-state index is 12.4. The molecule has 1 saturated heterocycles. The van der Waals surface area contributed by atoms with Crippen LogP contribution < -0.4 is 5.73 Å². The van der Waals surface area contributed by atoms with Crippen molar-refractivity contribution >= 4 is 24.2 Å². The number of hydrogen-bond donors (Lipinski definition) is 1. The topological polar surface area (TPSA) is 66.6 Å². The van der Waals surface area contributed by atoms with E-state index < -0.39 is 6.04 Å². The Morgan fingerprint density at radius 2 is 1.48 bits per heavy atom. The van der Waals surface area contributed by atoms with Crippen molar-refractivity contribution < 1.29 is 9.59 Å². The summed E-state index contributed by atoms with van der Waals surface area (Å²) in [6, 6.07) is 8.72. The largest absolute Gasteiger partial charge is 0.338 e. The summed E-state index contributed by atoms with van der Waals surface area (Å²) in [6.07, 6.45) is 0. The minimum absolute atomic E-state index is 0. The first kappa shape index (κ1) is 19.5. The summed E-state index contributed by atoms with van der Waals surface area (Å²) in [6.45, 7) is 8.08. The van der Waals surface area contributed by atoms with Crippen LogP contribution in [0.25, 0.3) is 0 Å². The molecule has 1 aliphatic heterocycles. The number of carbonyl (C=O) groups is 2. The Labute approximate surface area is 144 Å². The molecule has 1 atom stereocenters. The summed E-state index contributed by atoms with van der Waals surface area (Å²) in [5.74, 6) is -0.00729. The van der Waals surface area contributed by atoms with Gasteiger partial charge in [0, 0.05) is 31.7 Å². The van der Waals surface area contributed by atoms with E-state index in [1.807, 2.05) is 51.1 Å². The van der Waals surface area contributed by atoms with Crippen LogP contribution in [-0.4, -0.2) is 53.8 Å². The van der Waals surface area contributed by atoms with Crippen molar-refractivity contribution in [1.82, 2.24) is 9.80 Å². The Kier molecular flexibility index (Phi) is 6.59. The number of carbonyl (C=O) groups excluding carboxylic acids is 2. The smallest absolute Gasteiger partial charge is 0.253 e. The zero-order valence-corrected chi connectivity index (χ0v) is 14.8. The zero-order chi connectivity index (χ0) is 16.3. The van der Waals surface area contributed by atoms with E-state index in [4.69, 9.17) is 5.73 Å². The molecular formula is C17H26ClN3O2. The predicted octanol–water partition coefficient (Wildman–Crippen LogP) is 1.77. The number of benzene rings is 1. The number of rotatable bonds is 2. The minimum Gasteiger partial charge on any atom is -0.338 e. The summed E-state index contributed by atoms with van der Waals surface area (Å²) in [7, 11) is 0. The van der Waals surface area contributed by atoms with E-state index in [1.165, 1.54) is 0 Å². The van der Waals surface area contributed by atoms with Crippen LogP contribution in [0.1, 0.15) is 31.1 Å². The molecule has 0 aromatic heterocycles. The number of amides is 2. The Morgan fingerprint density at radius 1 is 1.00 bits per heavy atom. The molecule has 6 heteroatoms. The van der Waals surface area contributed by atoms with E-state index in [2.05, 4.69) is 0 Å². The molecule has 2 rings (SSSR count). The lowest BCUT2D eigenvalue weighted by molar-refractivity contribution is -0.136. The molecule has 0 spiro atoms. The first-order chi connectivity index (χ1) is 10.3. The molecule has 0 unspecified atom stereocenters. The summed E-state index contributed by atoms with van der Waals surface area (Å²) in [4.78, 5) is 28.3. The van der Waals surface area contributed by atoms with Gasteiger partial charge >= 0.3 is 0 Å².